The van der Waals surface area contributed by atoms with Crippen molar-refractivity contribution < 1.29 is 14.7 Å². The van der Waals surface area contributed by atoms with E-state index in [2.05, 4.69) is 6.92 Å². The lowest BCUT2D eigenvalue weighted by Gasteiger charge is -2.22. The first-order valence-electron chi connectivity index (χ1n) is 7.69. The van der Waals surface area contributed by atoms with Gasteiger partial charge in [-0.2, -0.15) is 0 Å². The molecule has 1 unspecified atom stereocenters. The molecule has 0 aromatic heterocycles. The molecule has 0 heterocycles. The Morgan fingerprint density at radius 3 is 2.33 bits per heavy atom. The number of ketones is 2. The van der Waals surface area contributed by atoms with Crippen molar-refractivity contribution in [2.24, 2.45) is 5.92 Å². The van der Waals surface area contributed by atoms with Crippen LogP contribution in [0.1, 0.15) is 61.9 Å². The zero-order valence-electron chi connectivity index (χ0n) is 12.7. The monoisotopic (exact) mass is 286 g/mol. The molecule has 21 heavy (non-hydrogen) atoms. The molecule has 3 nitrogen and oxygen atoms in total. The van der Waals surface area contributed by atoms with Crippen LogP contribution in [0, 0.1) is 5.92 Å². The molecule has 0 spiro atoms. The Bertz CT molecular complexity index is 584. The Labute approximate surface area is 125 Å². The van der Waals surface area contributed by atoms with Crippen LogP contribution in [0.25, 0.3) is 5.76 Å². The summed E-state index contributed by atoms with van der Waals surface area (Å²) in [4.78, 5) is 24.4. The molecule has 2 rings (SSSR count). The first-order valence-corrected chi connectivity index (χ1v) is 7.69. The van der Waals surface area contributed by atoms with Gasteiger partial charge in [0.15, 0.2) is 0 Å². The summed E-state index contributed by atoms with van der Waals surface area (Å²) in [6, 6.07) is 6.76. The summed E-state index contributed by atoms with van der Waals surface area (Å²) in [6.07, 6.45) is 5.28. The molecule has 0 bridgehead atoms. The maximum atomic E-state index is 12.3. The molecule has 1 aliphatic carbocycles. The Hall–Kier alpha value is -1.90. The number of aliphatic hydroxyl groups excluding tert-OH is 1. The minimum absolute atomic E-state index is 0.0156. The molecule has 1 aliphatic rings. The molecule has 0 amide bonds. The summed E-state index contributed by atoms with van der Waals surface area (Å²) < 4.78 is 0. The standard InChI is InChI=1S/C18H22O3/c1-3-4-5-6-9-12(2)15-16(19)13-10-7-8-11-14(13)17(20)18(15)21/h7-8,10-12,19H,3-6,9H2,1-2H3. The van der Waals surface area contributed by atoms with Crippen molar-refractivity contribution >= 4 is 17.3 Å². The molecule has 1 N–H and O–H groups in total. The molecule has 0 aliphatic heterocycles. The van der Waals surface area contributed by atoms with Crippen molar-refractivity contribution in [1.29, 1.82) is 0 Å². The molecule has 0 saturated carbocycles. The third-order valence-electron chi connectivity index (χ3n) is 4.12. The van der Waals surface area contributed by atoms with Gasteiger partial charge in [-0.3, -0.25) is 9.59 Å². The number of Topliss-reactive ketones (excluding diaryl/α,β-unsaturated/α-hetero) is 2. The minimum Gasteiger partial charge on any atom is -0.507 e. The van der Waals surface area contributed by atoms with Crippen LogP contribution in [0.4, 0.5) is 0 Å². The van der Waals surface area contributed by atoms with E-state index in [1.807, 2.05) is 6.92 Å². The number of allylic oxidation sites excluding steroid dienone is 1. The molecule has 0 fully saturated rings. The van der Waals surface area contributed by atoms with Gasteiger partial charge in [-0.1, -0.05) is 63.8 Å². The third-order valence-corrected chi connectivity index (χ3v) is 4.12. The maximum absolute atomic E-state index is 12.3. The van der Waals surface area contributed by atoms with Crippen LogP contribution >= 0.6 is 0 Å². The van der Waals surface area contributed by atoms with Crippen LogP contribution in [0.15, 0.2) is 29.8 Å². The highest BCUT2D eigenvalue weighted by Gasteiger charge is 2.34. The van der Waals surface area contributed by atoms with Crippen molar-refractivity contribution in [3.05, 3.63) is 41.0 Å². The molecule has 3 heteroatoms. The Kier molecular flexibility index (Phi) is 4.94. The number of hydrogen-bond acceptors (Lipinski definition) is 3. The smallest absolute Gasteiger partial charge is 0.234 e. The summed E-state index contributed by atoms with van der Waals surface area (Å²) >= 11 is 0. The van der Waals surface area contributed by atoms with Crippen molar-refractivity contribution in [1.82, 2.24) is 0 Å². The Balaban J connectivity index is 2.25. The van der Waals surface area contributed by atoms with Gasteiger partial charge in [-0.15, -0.1) is 0 Å². The van der Waals surface area contributed by atoms with Crippen molar-refractivity contribution in [2.45, 2.75) is 46.0 Å². The van der Waals surface area contributed by atoms with E-state index in [0.29, 0.717) is 11.1 Å². The molecule has 0 radical (unpaired) electrons. The number of rotatable bonds is 6. The van der Waals surface area contributed by atoms with Crippen LogP contribution in [-0.2, 0) is 4.79 Å². The van der Waals surface area contributed by atoms with Crippen LogP contribution < -0.4 is 0 Å². The average Bonchev–Trinajstić information content (AvgIpc) is 2.49. The molecular weight excluding hydrogens is 264 g/mol. The van der Waals surface area contributed by atoms with E-state index in [0.717, 1.165) is 25.7 Å². The number of unbranched alkanes of at least 4 members (excludes halogenated alkanes) is 3. The summed E-state index contributed by atoms with van der Waals surface area (Å²) in [7, 11) is 0. The highest BCUT2D eigenvalue weighted by atomic mass is 16.3. The van der Waals surface area contributed by atoms with Crippen molar-refractivity contribution in [3.63, 3.8) is 0 Å². The van der Waals surface area contributed by atoms with Crippen molar-refractivity contribution in [3.8, 4) is 0 Å². The van der Waals surface area contributed by atoms with Gasteiger partial charge >= 0.3 is 0 Å². The Morgan fingerprint density at radius 1 is 1.00 bits per heavy atom. The van der Waals surface area contributed by atoms with Gasteiger partial charge in [0.1, 0.15) is 5.76 Å². The molecular formula is C18H22O3. The molecule has 0 saturated heterocycles. The summed E-state index contributed by atoms with van der Waals surface area (Å²) in [5, 5.41) is 10.4. The van der Waals surface area contributed by atoms with E-state index in [4.69, 9.17) is 0 Å². The molecule has 112 valence electrons. The van der Waals surface area contributed by atoms with Crippen LogP contribution in [0.5, 0.6) is 0 Å². The molecule has 1 atom stereocenters. The van der Waals surface area contributed by atoms with Gasteiger partial charge in [-0.25, -0.2) is 0 Å². The van der Waals surface area contributed by atoms with Gasteiger partial charge in [-0.05, 0) is 12.3 Å². The second-order valence-electron chi connectivity index (χ2n) is 5.72. The van der Waals surface area contributed by atoms with E-state index in [-0.39, 0.29) is 17.3 Å². The van der Waals surface area contributed by atoms with Gasteiger partial charge in [0.05, 0.1) is 0 Å². The normalized spacial score (nSPS) is 16.1. The number of fused-ring (bicyclic) bond motifs is 1. The zero-order valence-corrected chi connectivity index (χ0v) is 12.7. The van der Waals surface area contributed by atoms with Gasteiger partial charge in [0.2, 0.25) is 11.6 Å². The SMILES string of the molecule is CCCCCCC(C)C1=C(O)c2ccccc2C(=O)C1=O. The van der Waals surface area contributed by atoms with Crippen LogP contribution in [-0.4, -0.2) is 16.7 Å². The largest absolute Gasteiger partial charge is 0.507 e. The lowest BCUT2D eigenvalue weighted by molar-refractivity contribution is -0.112. The fourth-order valence-electron chi connectivity index (χ4n) is 2.86. The quantitative estimate of drug-likeness (QED) is 0.625. The van der Waals surface area contributed by atoms with E-state index in [9.17, 15) is 14.7 Å². The number of carbonyl (C=O) groups excluding carboxylic acids is 2. The summed E-state index contributed by atoms with van der Waals surface area (Å²) in [5.41, 5.74) is 1.08. The van der Waals surface area contributed by atoms with E-state index < -0.39 is 11.6 Å². The third kappa shape index (κ3) is 3.07. The zero-order chi connectivity index (χ0) is 15.4. The van der Waals surface area contributed by atoms with Crippen molar-refractivity contribution in [2.75, 3.05) is 0 Å². The van der Waals surface area contributed by atoms with E-state index in [1.165, 1.54) is 6.42 Å². The number of hydrogen-bond donors (Lipinski definition) is 1. The predicted octanol–water partition coefficient (Wildman–Crippen LogP) is 4.33. The van der Waals surface area contributed by atoms with Crippen LogP contribution in [0.3, 0.4) is 0 Å². The Morgan fingerprint density at radius 2 is 1.67 bits per heavy atom. The van der Waals surface area contributed by atoms with Gasteiger partial charge in [0.25, 0.3) is 0 Å². The first kappa shape index (κ1) is 15.5. The average molecular weight is 286 g/mol. The van der Waals surface area contributed by atoms with Gasteiger partial charge < -0.3 is 5.11 Å². The summed E-state index contributed by atoms with van der Waals surface area (Å²) in [6.45, 7) is 4.06. The minimum atomic E-state index is -0.547. The molecule has 1 aromatic carbocycles. The lowest BCUT2D eigenvalue weighted by Crippen LogP contribution is -2.27. The number of benzene rings is 1. The predicted molar refractivity (Wildman–Crippen MR) is 83.3 cm³/mol. The fraction of sp³-hybridized carbons (Fsp3) is 0.444. The second-order valence-corrected chi connectivity index (χ2v) is 5.72. The topological polar surface area (TPSA) is 54.4 Å². The summed E-state index contributed by atoms with van der Waals surface area (Å²) in [5.74, 6) is -1.15. The number of carbonyl (C=O) groups is 2. The highest BCUT2D eigenvalue weighted by molar-refractivity contribution is 6.52. The lowest BCUT2D eigenvalue weighted by atomic mass is 9.81. The number of aliphatic hydroxyl groups is 1. The highest BCUT2D eigenvalue weighted by Crippen LogP contribution is 2.33. The molecule has 1 aromatic rings. The maximum Gasteiger partial charge on any atom is 0.234 e. The van der Waals surface area contributed by atoms with Gasteiger partial charge in [0, 0.05) is 16.7 Å². The van der Waals surface area contributed by atoms with E-state index in [1.54, 1.807) is 24.3 Å². The van der Waals surface area contributed by atoms with E-state index >= 15 is 0 Å². The fourth-order valence-corrected chi connectivity index (χ4v) is 2.86. The second kappa shape index (κ2) is 6.70. The van der Waals surface area contributed by atoms with Crippen LogP contribution in [0.2, 0.25) is 0 Å². The first-order chi connectivity index (χ1) is 10.1.